The Balaban J connectivity index is 1.97. The van der Waals surface area contributed by atoms with Crippen LogP contribution in [0.4, 0.5) is 8.78 Å². The van der Waals surface area contributed by atoms with E-state index in [4.69, 9.17) is 0 Å². The Morgan fingerprint density at radius 3 is 2.38 bits per heavy atom. The molecule has 2 aliphatic carbocycles. The molecule has 0 heterocycles. The van der Waals surface area contributed by atoms with E-state index in [1.165, 1.54) is 12.8 Å². The highest BCUT2D eigenvalue weighted by Crippen LogP contribution is 2.47. The molecule has 2 fully saturated rings. The Kier molecular flexibility index (Phi) is 2.30. The minimum atomic E-state index is -2.56. The Labute approximate surface area is 77.1 Å². The molecule has 1 N–H and O–H groups in total. The molecule has 2 unspecified atom stereocenters. The molecule has 3 heteroatoms. The van der Waals surface area contributed by atoms with E-state index in [0.717, 1.165) is 12.8 Å². The van der Waals surface area contributed by atoms with Crippen LogP contribution in [-0.4, -0.2) is 17.1 Å². The van der Waals surface area contributed by atoms with E-state index in [2.05, 4.69) is 0 Å². The molecular formula is C10H16F2O. The summed E-state index contributed by atoms with van der Waals surface area (Å²) in [5.41, 5.74) is -1.66. The van der Waals surface area contributed by atoms with E-state index in [0.29, 0.717) is 18.3 Å². The van der Waals surface area contributed by atoms with Crippen molar-refractivity contribution in [3.05, 3.63) is 0 Å². The zero-order valence-corrected chi connectivity index (χ0v) is 7.68. The van der Waals surface area contributed by atoms with Gasteiger partial charge in [-0.3, -0.25) is 0 Å². The fraction of sp³-hybridized carbons (Fsp3) is 1.00. The van der Waals surface area contributed by atoms with E-state index >= 15 is 0 Å². The van der Waals surface area contributed by atoms with Crippen molar-refractivity contribution in [1.29, 1.82) is 0 Å². The van der Waals surface area contributed by atoms with Gasteiger partial charge in [-0.1, -0.05) is 6.42 Å². The fourth-order valence-corrected chi connectivity index (χ4v) is 2.50. The van der Waals surface area contributed by atoms with Crippen LogP contribution in [0, 0.1) is 11.8 Å². The van der Waals surface area contributed by atoms with Gasteiger partial charge in [-0.05, 0) is 43.9 Å². The van der Waals surface area contributed by atoms with Gasteiger partial charge in [0.15, 0.2) is 0 Å². The predicted molar refractivity (Wildman–Crippen MR) is 45.6 cm³/mol. The van der Waals surface area contributed by atoms with Crippen LogP contribution in [0.1, 0.15) is 38.5 Å². The molecule has 2 atom stereocenters. The highest BCUT2D eigenvalue weighted by Gasteiger charge is 2.45. The molecule has 0 aliphatic heterocycles. The van der Waals surface area contributed by atoms with Crippen molar-refractivity contribution in [2.45, 2.75) is 50.6 Å². The average Bonchev–Trinajstić information content (AvgIpc) is 2.86. The van der Waals surface area contributed by atoms with Crippen LogP contribution in [0.2, 0.25) is 0 Å². The summed E-state index contributed by atoms with van der Waals surface area (Å²) in [6, 6.07) is 0. The third-order valence-electron chi connectivity index (χ3n) is 3.50. The summed E-state index contributed by atoms with van der Waals surface area (Å²) in [6.45, 7) is 0. The first-order valence-electron chi connectivity index (χ1n) is 5.12. The normalized spacial score (nSPS) is 41.1. The van der Waals surface area contributed by atoms with Gasteiger partial charge >= 0.3 is 0 Å². The van der Waals surface area contributed by atoms with E-state index in [1.807, 2.05) is 0 Å². The molecule has 0 radical (unpaired) electrons. The summed E-state index contributed by atoms with van der Waals surface area (Å²) < 4.78 is 25.0. The van der Waals surface area contributed by atoms with Gasteiger partial charge in [0.1, 0.15) is 5.60 Å². The van der Waals surface area contributed by atoms with Crippen molar-refractivity contribution in [1.82, 2.24) is 0 Å². The maximum Gasteiger partial charge on any atom is 0.266 e. The number of halogens is 2. The summed E-state index contributed by atoms with van der Waals surface area (Å²) >= 11 is 0. The first-order chi connectivity index (χ1) is 6.12. The molecular weight excluding hydrogens is 174 g/mol. The summed E-state index contributed by atoms with van der Waals surface area (Å²) in [7, 11) is 0. The maximum atomic E-state index is 12.5. The van der Waals surface area contributed by atoms with Gasteiger partial charge in [-0.25, -0.2) is 8.78 Å². The number of hydrogen-bond donors (Lipinski definition) is 1. The lowest BCUT2D eigenvalue weighted by molar-refractivity contribution is -0.128. The molecule has 2 rings (SSSR count). The second-order valence-corrected chi connectivity index (χ2v) is 4.60. The highest BCUT2D eigenvalue weighted by molar-refractivity contribution is 4.93. The molecule has 0 saturated heterocycles. The summed E-state index contributed by atoms with van der Waals surface area (Å²) in [5, 5.41) is 9.65. The molecule has 2 aliphatic rings. The minimum Gasteiger partial charge on any atom is -0.384 e. The van der Waals surface area contributed by atoms with Crippen molar-refractivity contribution in [2.75, 3.05) is 0 Å². The third-order valence-corrected chi connectivity index (χ3v) is 3.50. The largest absolute Gasteiger partial charge is 0.384 e. The first-order valence-corrected chi connectivity index (χ1v) is 5.12. The molecule has 0 spiro atoms. The highest BCUT2D eigenvalue weighted by atomic mass is 19.3. The smallest absolute Gasteiger partial charge is 0.266 e. The summed E-state index contributed by atoms with van der Waals surface area (Å²) in [6.07, 6.45) is 2.23. The van der Waals surface area contributed by atoms with Gasteiger partial charge in [0.2, 0.25) is 0 Å². The number of rotatable bonds is 2. The second-order valence-electron chi connectivity index (χ2n) is 4.60. The van der Waals surface area contributed by atoms with Crippen molar-refractivity contribution in [3.8, 4) is 0 Å². The second kappa shape index (κ2) is 3.19. The quantitative estimate of drug-likeness (QED) is 0.709. The van der Waals surface area contributed by atoms with E-state index in [9.17, 15) is 13.9 Å². The first kappa shape index (κ1) is 9.38. The predicted octanol–water partition coefficient (Wildman–Crippen LogP) is 2.58. The monoisotopic (exact) mass is 190 g/mol. The molecule has 13 heavy (non-hydrogen) atoms. The third kappa shape index (κ3) is 1.85. The fourth-order valence-electron chi connectivity index (χ4n) is 2.50. The van der Waals surface area contributed by atoms with E-state index < -0.39 is 12.0 Å². The minimum absolute atomic E-state index is 0.286. The van der Waals surface area contributed by atoms with Gasteiger partial charge < -0.3 is 5.11 Å². The molecule has 0 bridgehead atoms. The van der Waals surface area contributed by atoms with Gasteiger partial charge in [0.25, 0.3) is 6.43 Å². The SMILES string of the molecule is OC1(C(F)F)CCCC(C2CC2)C1. The summed E-state index contributed by atoms with van der Waals surface area (Å²) in [4.78, 5) is 0. The van der Waals surface area contributed by atoms with Gasteiger partial charge in [-0.15, -0.1) is 0 Å². The number of alkyl halides is 2. The summed E-state index contributed by atoms with van der Waals surface area (Å²) in [5.74, 6) is 1.01. The molecule has 0 aromatic rings. The van der Waals surface area contributed by atoms with Gasteiger partial charge in [0, 0.05) is 0 Å². The van der Waals surface area contributed by atoms with Crippen LogP contribution in [0.5, 0.6) is 0 Å². The molecule has 0 aromatic heterocycles. The zero-order chi connectivity index (χ0) is 9.47. The van der Waals surface area contributed by atoms with Crippen LogP contribution in [0.3, 0.4) is 0 Å². The van der Waals surface area contributed by atoms with E-state index in [-0.39, 0.29) is 6.42 Å². The van der Waals surface area contributed by atoms with Crippen LogP contribution in [0.15, 0.2) is 0 Å². The van der Waals surface area contributed by atoms with Crippen molar-refractivity contribution in [2.24, 2.45) is 11.8 Å². The lowest BCUT2D eigenvalue weighted by atomic mass is 9.76. The molecule has 0 aromatic carbocycles. The lowest BCUT2D eigenvalue weighted by Crippen LogP contribution is -2.42. The van der Waals surface area contributed by atoms with E-state index in [1.54, 1.807) is 0 Å². The number of aliphatic hydroxyl groups is 1. The Bertz CT molecular complexity index is 191. The van der Waals surface area contributed by atoms with Crippen molar-refractivity contribution >= 4 is 0 Å². The van der Waals surface area contributed by atoms with Crippen molar-refractivity contribution in [3.63, 3.8) is 0 Å². The standard InChI is InChI=1S/C10H16F2O/c11-9(12)10(13)5-1-2-8(6-10)7-3-4-7/h7-9,13H,1-6H2. The van der Waals surface area contributed by atoms with Crippen LogP contribution in [-0.2, 0) is 0 Å². The Morgan fingerprint density at radius 2 is 1.85 bits per heavy atom. The molecule has 1 nitrogen and oxygen atoms in total. The zero-order valence-electron chi connectivity index (χ0n) is 7.68. The Morgan fingerprint density at radius 1 is 1.15 bits per heavy atom. The lowest BCUT2D eigenvalue weighted by Gasteiger charge is -2.36. The van der Waals surface area contributed by atoms with Gasteiger partial charge in [0.05, 0.1) is 0 Å². The molecule has 0 amide bonds. The van der Waals surface area contributed by atoms with Crippen LogP contribution < -0.4 is 0 Å². The topological polar surface area (TPSA) is 20.2 Å². The average molecular weight is 190 g/mol. The number of hydrogen-bond acceptors (Lipinski definition) is 1. The maximum absolute atomic E-state index is 12.5. The van der Waals surface area contributed by atoms with Gasteiger partial charge in [-0.2, -0.15) is 0 Å². The molecule has 2 saturated carbocycles. The van der Waals surface area contributed by atoms with Crippen LogP contribution >= 0.6 is 0 Å². The van der Waals surface area contributed by atoms with Crippen LogP contribution in [0.25, 0.3) is 0 Å². The molecule has 76 valence electrons. The Hall–Kier alpha value is -0.180. The van der Waals surface area contributed by atoms with Crippen molar-refractivity contribution < 1.29 is 13.9 Å².